The van der Waals surface area contributed by atoms with Crippen LogP contribution in [-0.4, -0.2) is 52.0 Å². The van der Waals surface area contributed by atoms with Crippen LogP contribution in [0.5, 0.6) is 0 Å². The highest BCUT2D eigenvalue weighted by molar-refractivity contribution is 5.89. The lowest BCUT2D eigenvalue weighted by atomic mass is 9.98. The minimum absolute atomic E-state index is 0.114. The number of urea groups is 1. The van der Waals surface area contributed by atoms with Gasteiger partial charge < -0.3 is 20.3 Å². The number of aromatic nitrogens is 3. The number of nitrogens with one attached hydrogen (secondary N) is 2. The van der Waals surface area contributed by atoms with Gasteiger partial charge >= 0.3 is 12.1 Å². The van der Waals surface area contributed by atoms with Crippen molar-refractivity contribution in [3.63, 3.8) is 0 Å². The Morgan fingerprint density at radius 2 is 2.11 bits per heavy atom. The fraction of sp³-hybridized carbons (Fsp3) is 0.524. The lowest BCUT2D eigenvalue weighted by Gasteiger charge is -2.28. The van der Waals surface area contributed by atoms with Crippen LogP contribution in [0.3, 0.4) is 0 Å². The Bertz CT molecular complexity index is 1130. The number of halogens is 5. The lowest BCUT2D eigenvalue weighted by molar-refractivity contribution is -0.0217. The molecule has 1 unspecified atom stereocenters. The van der Waals surface area contributed by atoms with E-state index in [1.54, 1.807) is 0 Å². The number of carbonyl (C=O) groups is 2. The molecular weight excluding hydrogens is 479 g/mol. The molecule has 14 heteroatoms. The molecule has 35 heavy (non-hydrogen) atoms. The number of hydrogen-bond acceptors (Lipinski definition) is 5. The summed E-state index contributed by atoms with van der Waals surface area (Å²) in [7, 11) is 1.21. The number of alkyl halides is 4. The number of rotatable bonds is 4. The summed E-state index contributed by atoms with van der Waals surface area (Å²) in [4.78, 5) is 28.6. The van der Waals surface area contributed by atoms with Gasteiger partial charge in [-0.2, -0.15) is 13.9 Å². The van der Waals surface area contributed by atoms with Gasteiger partial charge in [0.1, 0.15) is 11.4 Å². The molecule has 2 aliphatic rings. The molecular formula is C21H23F5N6O3. The summed E-state index contributed by atoms with van der Waals surface area (Å²) < 4.78 is 76.1. The first-order chi connectivity index (χ1) is 16.6. The highest BCUT2D eigenvalue weighted by atomic mass is 19.3. The SMILES string of the molecule is COC(=O)NCC1CCC(F)(F)c2c3c(nn2C1)CCN(C(=O)Nc1ccnc(C(F)F)c1F)C3. The van der Waals surface area contributed by atoms with Gasteiger partial charge in [0.25, 0.3) is 12.3 Å². The van der Waals surface area contributed by atoms with Gasteiger partial charge in [-0.1, -0.05) is 0 Å². The molecule has 0 saturated carbocycles. The predicted octanol–water partition coefficient (Wildman–Crippen LogP) is 3.80. The fourth-order valence-corrected chi connectivity index (χ4v) is 4.35. The second kappa shape index (κ2) is 9.66. The molecule has 0 aliphatic carbocycles. The van der Waals surface area contributed by atoms with E-state index in [1.165, 1.54) is 16.7 Å². The quantitative estimate of drug-likeness (QED) is 0.620. The van der Waals surface area contributed by atoms with Gasteiger partial charge in [0.05, 0.1) is 25.0 Å². The van der Waals surface area contributed by atoms with Crippen molar-refractivity contribution in [1.29, 1.82) is 0 Å². The third-order valence-corrected chi connectivity index (χ3v) is 6.12. The Kier molecular flexibility index (Phi) is 6.81. The van der Waals surface area contributed by atoms with Gasteiger partial charge in [0.2, 0.25) is 0 Å². The first-order valence-electron chi connectivity index (χ1n) is 10.9. The summed E-state index contributed by atoms with van der Waals surface area (Å²) in [5.41, 5.74) is -1.23. The summed E-state index contributed by atoms with van der Waals surface area (Å²) in [6.07, 6.45) is -3.03. The maximum atomic E-state index is 15.1. The molecule has 1 atom stereocenters. The Morgan fingerprint density at radius 1 is 1.34 bits per heavy atom. The Hall–Kier alpha value is -3.45. The van der Waals surface area contributed by atoms with Crippen molar-refractivity contribution in [3.05, 3.63) is 40.7 Å². The molecule has 0 fully saturated rings. The molecule has 0 radical (unpaired) electrons. The number of ether oxygens (including phenoxy) is 1. The molecule has 3 amide bonds. The summed E-state index contributed by atoms with van der Waals surface area (Å²) in [6, 6.07) is 0.217. The van der Waals surface area contributed by atoms with Crippen molar-refractivity contribution in [3.8, 4) is 0 Å². The Labute approximate surface area is 196 Å². The number of anilines is 1. The number of hydrogen-bond donors (Lipinski definition) is 2. The van der Waals surface area contributed by atoms with Crippen LogP contribution in [-0.2, 0) is 30.2 Å². The molecule has 2 aliphatic heterocycles. The van der Waals surface area contributed by atoms with Crippen molar-refractivity contribution in [2.24, 2.45) is 5.92 Å². The van der Waals surface area contributed by atoms with E-state index in [2.05, 4.69) is 25.5 Å². The van der Waals surface area contributed by atoms with Crippen LogP contribution in [0.4, 0.5) is 37.2 Å². The lowest BCUT2D eigenvalue weighted by Crippen LogP contribution is -2.39. The van der Waals surface area contributed by atoms with Gasteiger partial charge in [0.15, 0.2) is 5.82 Å². The molecule has 2 aromatic rings. The van der Waals surface area contributed by atoms with E-state index in [0.717, 1.165) is 12.3 Å². The highest BCUT2D eigenvalue weighted by Gasteiger charge is 2.44. The topological polar surface area (TPSA) is 101 Å². The number of fused-ring (bicyclic) bond motifs is 3. The van der Waals surface area contributed by atoms with E-state index in [1.807, 2.05) is 0 Å². The zero-order chi connectivity index (χ0) is 25.3. The molecule has 2 N–H and O–H groups in total. The first-order valence-corrected chi connectivity index (χ1v) is 10.9. The van der Waals surface area contributed by atoms with Crippen LogP contribution in [0.2, 0.25) is 0 Å². The summed E-state index contributed by atoms with van der Waals surface area (Å²) in [5, 5.41) is 9.09. The Morgan fingerprint density at radius 3 is 2.83 bits per heavy atom. The highest BCUT2D eigenvalue weighted by Crippen LogP contribution is 2.41. The maximum Gasteiger partial charge on any atom is 0.406 e. The summed E-state index contributed by atoms with van der Waals surface area (Å²) in [5.74, 6) is -4.88. The summed E-state index contributed by atoms with van der Waals surface area (Å²) >= 11 is 0. The Balaban J connectivity index is 1.53. The third kappa shape index (κ3) is 5.00. The number of nitrogens with zero attached hydrogens (tertiary/aromatic N) is 4. The molecule has 0 aromatic carbocycles. The monoisotopic (exact) mass is 502 g/mol. The predicted molar refractivity (Wildman–Crippen MR) is 112 cm³/mol. The van der Waals surface area contributed by atoms with Gasteiger partial charge in [-0.3, -0.25) is 9.67 Å². The zero-order valence-electron chi connectivity index (χ0n) is 18.7. The van der Waals surface area contributed by atoms with Crippen molar-refractivity contribution >= 4 is 17.8 Å². The second-order valence-corrected chi connectivity index (χ2v) is 8.40. The molecule has 0 saturated heterocycles. The molecule has 0 spiro atoms. The molecule has 2 aromatic heterocycles. The number of carbonyl (C=O) groups excluding carboxylic acids is 2. The second-order valence-electron chi connectivity index (χ2n) is 8.40. The third-order valence-electron chi connectivity index (χ3n) is 6.12. The smallest absolute Gasteiger partial charge is 0.406 e. The van der Waals surface area contributed by atoms with Crippen LogP contribution in [0.1, 0.15) is 41.9 Å². The van der Waals surface area contributed by atoms with Crippen molar-refractivity contribution in [2.75, 3.05) is 25.5 Å². The van der Waals surface area contributed by atoms with Crippen LogP contribution in [0, 0.1) is 11.7 Å². The van der Waals surface area contributed by atoms with Gasteiger partial charge in [-0.25, -0.2) is 22.8 Å². The average molecular weight is 502 g/mol. The van der Waals surface area contributed by atoms with Crippen LogP contribution in [0.25, 0.3) is 0 Å². The van der Waals surface area contributed by atoms with Crippen molar-refractivity contribution in [1.82, 2.24) is 25.0 Å². The average Bonchev–Trinajstić information content (AvgIpc) is 3.13. The largest absolute Gasteiger partial charge is 0.453 e. The van der Waals surface area contributed by atoms with E-state index in [9.17, 15) is 22.8 Å². The van der Waals surface area contributed by atoms with Gasteiger partial charge in [-0.15, -0.1) is 0 Å². The maximum absolute atomic E-state index is 15.1. The number of methoxy groups -OCH3 is 1. The molecule has 9 nitrogen and oxygen atoms in total. The fourth-order valence-electron chi connectivity index (χ4n) is 4.35. The van der Waals surface area contributed by atoms with E-state index in [0.29, 0.717) is 5.69 Å². The molecule has 0 bridgehead atoms. The molecule has 4 rings (SSSR count). The minimum Gasteiger partial charge on any atom is -0.453 e. The van der Waals surface area contributed by atoms with Crippen molar-refractivity contribution < 1.29 is 36.3 Å². The van der Waals surface area contributed by atoms with Gasteiger partial charge in [0, 0.05) is 44.2 Å². The minimum atomic E-state index is -3.22. The number of amides is 3. The molecule has 190 valence electrons. The van der Waals surface area contributed by atoms with Gasteiger partial charge in [-0.05, 0) is 18.4 Å². The van der Waals surface area contributed by atoms with E-state index in [4.69, 9.17) is 0 Å². The number of alkyl carbamates (subject to hydrolysis) is 1. The normalized spacial score (nSPS) is 18.9. The van der Waals surface area contributed by atoms with E-state index in [-0.39, 0.29) is 56.2 Å². The van der Waals surface area contributed by atoms with Crippen molar-refractivity contribution in [2.45, 2.75) is 44.7 Å². The number of pyridine rings is 1. The van der Waals surface area contributed by atoms with E-state index < -0.39 is 48.1 Å². The zero-order valence-corrected chi connectivity index (χ0v) is 18.7. The standard InChI is InChI=1S/C21H23F5N6O3/c1-35-20(34)28-8-11-2-5-21(25,26)17-12-10-31(7-4-13(12)30-32(17)9-11)19(33)29-14-3-6-27-16(15(14)22)18(23)24/h3,6,11,18H,2,4-5,7-10H2,1H3,(H,28,34)(H,27,29,33). The molecule has 4 heterocycles. The first kappa shape index (κ1) is 24.7. The van der Waals surface area contributed by atoms with Crippen LogP contribution in [0.15, 0.2) is 12.3 Å². The van der Waals surface area contributed by atoms with E-state index >= 15 is 8.78 Å². The van der Waals surface area contributed by atoms with Crippen LogP contribution < -0.4 is 10.6 Å². The van der Waals surface area contributed by atoms with Crippen LogP contribution >= 0.6 is 0 Å². The summed E-state index contributed by atoms with van der Waals surface area (Å²) in [6.45, 7) is 0.195.